The first kappa shape index (κ1) is 27.6. The predicted molar refractivity (Wildman–Crippen MR) is 130 cm³/mol. The van der Waals surface area contributed by atoms with Crippen LogP contribution in [0.15, 0.2) is 15.8 Å². The smallest absolute Gasteiger partial charge is 0.379 e. The standard InChI is InChI=1S/C15H24BIN2O11P2S/c1-7-5-19(15(21)18-14(7)20)13-3-9(10(4-17)28-13)29-31(22,23)26-6-11-8(2-12(16)27-11)30-32(24,25)33/h5,8-13H,2-4,6,16H2,1H3,(H,22,23)(H,18,20,21)(H2,24,25,33). The van der Waals surface area contributed by atoms with Crippen LogP contribution in [0.25, 0.3) is 0 Å². The fraction of sp³-hybridized carbons (Fsp3) is 0.733. The number of hydrogen-bond acceptors (Lipinski definition) is 9. The number of halogens is 1. The lowest BCUT2D eigenvalue weighted by molar-refractivity contribution is -0.0185. The van der Waals surface area contributed by atoms with Crippen LogP contribution in [0, 0.1) is 6.92 Å². The molecule has 8 atom stereocenters. The molecule has 3 heterocycles. The molecule has 0 bridgehead atoms. The molecular weight excluding hydrogens is 616 g/mol. The van der Waals surface area contributed by atoms with Gasteiger partial charge in [-0.2, -0.15) is 0 Å². The van der Waals surface area contributed by atoms with E-state index in [1.54, 1.807) is 7.85 Å². The van der Waals surface area contributed by atoms with Crippen molar-refractivity contribution in [3.05, 3.63) is 32.6 Å². The Morgan fingerprint density at radius 3 is 2.55 bits per heavy atom. The Labute approximate surface area is 208 Å². The summed E-state index contributed by atoms with van der Waals surface area (Å²) in [6.07, 6.45) is -2.37. The molecule has 3 N–H and O–H groups in total. The van der Waals surface area contributed by atoms with Crippen LogP contribution in [0.2, 0.25) is 0 Å². The van der Waals surface area contributed by atoms with Gasteiger partial charge in [-0.3, -0.25) is 27.9 Å². The van der Waals surface area contributed by atoms with Crippen molar-refractivity contribution < 1.29 is 42.0 Å². The number of rotatable bonds is 9. The number of alkyl halides is 1. The van der Waals surface area contributed by atoms with Crippen molar-refractivity contribution in [2.45, 2.75) is 56.4 Å². The van der Waals surface area contributed by atoms with E-state index in [4.69, 9.17) is 23.0 Å². The maximum atomic E-state index is 12.6. The molecule has 0 aromatic carbocycles. The predicted octanol–water partition coefficient (Wildman–Crippen LogP) is 0.233. The van der Waals surface area contributed by atoms with Crippen LogP contribution in [0.4, 0.5) is 0 Å². The third kappa shape index (κ3) is 7.49. The molecule has 33 heavy (non-hydrogen) atoms. The minimum atomic E-state index is -4.60. The Bertz CT molecular complexity index is 1070. The molecule has 0 amide bonds. The molecule has 0 aliphatic carbocycles. The number of H-pyrrole nitrogens is 1. The second-order valence-corrected chi connectivity index (χ2v) is 12.8. The zero-order valence-electron chi connectivity index (χ0n) is 17.6. The molecule has 0 saturated carbocycles. The number of phosphoric acid groups is 1. The number of aromatic nitrogens is 2. The number of thiol groups is 1. The van der Waals surface area contributed by atoms with Crippen LogP contribution in [0.3, 0.4) is 0 Å². The normalized spacial score (nSPS) is 33.6. The van der Waals surface area contributed by atoms with Gasteiger partial charge in [0.25, 0.3) is 5.56 Å². The van der Waals surface area contributed by atoms with Crippen molar-refractivity contribution in [1.82, 2.24) is 9.55 Å². The highest BCUT2D eigenvalue weighted by Crippen LogP contribution is 2.52. The lowest BCUT2D eigenvalue weighted by Gasteiger charge is -2.23. The molecule has 2 aliphatic rings. The summed E-state index contributed by atoms with van der Waals surface area (Å²) >= 11 is 5.51. The Morgan fingerprint density at radius 1 is 1.24 bits per heavy atom. The van der Waals surface area contributed by atoms with Crippen LogP contribution in [-0.2, 0) is 32.2 Å². The summed E-state index contributed by atoms with van der Waals surface area (Å²) in [4.78, 5) is 45.5. The van der Waals surface area contributed by atoms with Gasteiger partial charge in [0.15, 0.2) is 0 Å². The molecule has 2 fully saturated rings. The molecule has 3 rings (SSSR count). The monoisotopic (exact) mass is 640 g/mol. The summed E-state index contributed by atoms with van der Waals surface area (Å²) < 4.78 is 52.4. The summed E-state index contributed by atoms with van der Waals surface area (Å²) in [5.74, 6) is 0. The largest absolute Gasteiger partial charge is 0.472 e. The van der Waals surface area contributed by atoms with Gasteiger partial charge in [0.2, 0.25) is 0 Å². The summed E-state index contributed by atoms with van der Waals surface area (Å²) in [6.45, 7) is -2.99. The second-order valence-electron chi connectivity index (χ2n) is 7.76. The first-order valence-electron chi connectivity index (χ1n) is 9.86. The molecular formula is C15H24BIN2O11P2S. The van der Waals surface area contributed by atoms with Crippen LogP contribution >= 0.6 is 49.5 Å². The molecule has 0 radical (unpaired) electrons. The maximum Gasteiger partial charge on any atom is 0.472 e. The van der Waals surface area contributed by atoms with Gasteiger partial charge in [0.1, 0.15) is 26.3 Å². The molecule has 0 spiro atoms. The second kappa shape index (κ2) is 11.0. The number of nitrogens with one attached hydrogen (secondary N) is 1. The quantitative estimate of drug-likeness (QED) is 0.0957. The number of hydrogen-bond donors (Lipinski definition) is 4. The van der Waals surface area contributed by atoms with Crippen molar-refractivity contribution in [3.63, 3.8) is 0 Å². The van der Waals surface area contributed by atoms with Gasteiger partial charge in [-0.15, -0.1) is 0 Å². The fourth-order valence-corrected chi connectivity index (χ4v) is 6.32. The number of aryl methyl sites for hydroxylation is 1. The summed E-state index contributed by atoms with van der Waals surface area (Å²) in [7, 11) is -2.89. The summed E-state index contributed by atoms with van der Waals surface area (Å²) in [5, 5.41) is 0. The Kier molecular flexibility index (Phi) is 9.16. The highest BCUT2D eigenvalue weighted by molar-refractivity contribution is 14.1. The summed E-state index contributed by atoms with van der Waals surface area (Å²) in [6, 6.07) is -0.325. The van der Waals surface area contributed by atoms with Crippen molar-refractivity contribution in [2.24, 2.45) is 0 Å². The lowest BCUT2D eigenvalue weighted by atomic mass is 9.96. The molecule has 2 aliphatic heterocycles. The molecule has 2 saturated heterocycles. The Balaban J connectivity index is 1.64. The van der Waals surface area contributed by atoms with Crippen LogP contribution < -0.4 is 11.2 Å². The highest BCUT2D eigenvalue weighted by Gasteiger charge is 2.43. The van der Waals surface area contributed by atoms with E-state index in [0.29, 0.717) is 9.99 Å². The maximum absolute atomic E-state index is 12.6. The first-order chi connectivity index (χ1) is 15.3. The minimum Gasteiger partial charge on any atom is -0.379 e. The van der Waals surface area contributed by atoms with Gasteiger partial charge in [-0.1, -0.05) is 34.8 Å². The van der Waals surface area contributed by atoms with E-state index in [0.717, 1.165) is 0 Å². The van der Waals surface area contributed by atoms with Gasteiger partial charge in [0.05, 0.1) is 18.8 Å². The Hall–Kier alpha value is 0.00494. The molecule has 8 unspecified atom stereocenters. The average Bonchev–Trinajstić information content (AvgIpc) is 3.23. The molecule has 1 aromatic heterocycles. The average molecular weight is 640 g/mol. The molecule has 18 heteroatoms. The van der Waals surface area contributed by atoms with Gasteiger partial charge >= 0.3 is 20.3 Å². The van der Waals surface area contributed by atoms with E-state index < -0.39 is 63.1 Å². The van der Waals surface area contributed by atoms with E-state index in [9.17, 15) is 28.5 Å². The number of nitrogens with zero attached hydrogens (tertiary/aromatic N) is 1. The SMILES string of the molecule is BC1CC(OP(=O)(O)S)C(COP(=O)(O)OC2CC(n3cc(C)c(=O)[nH]c3=O)OC2CI)O1. The Morgan fingerprint density at radius 2 is 1.91 bits per heavy atom. The topological polar surface area (TPSA) is 176 Å². The van der Waals surface area contributed by atoms with Crippen molar-refractivity contribution in [1.29, 1.82) is 0 Å². The van der Waals surface area contributed by atoms with Crippen LogP contribution in [0.5, 0.6) is 0 Å². The number of ether oxygens (including phenoxy) is 2. The van der Waals surface area contributed by atoms with Gasteiger partial charge in [-0.25, -0.2) is 13.9 Å². The first-order valence-corrected chi connectivity index (χ1v) is 15.6. The van der Waals surface area contributed by atoms with E-state index in [1.165, 1.54) is 17.7 Å². The highest BCUT2D eigenvalue weighted by atomic mass is 127. The zero-order valence-corrected chi connectivity index (χ0v) is 22.4. The lowest BCUT2D eigenvalue weighted by Crippen LogP contribution is -2.33. The molecule has 186 valence electrons. The van der Waals surface area contributed by atoms with Gasteiger partial charge in [-0.05, 0) is 13.3 Å². The van der Waals surface area contributed by atoms with Crippen molar-refractivity contribution in [2.75, 3.05) is 11.0 Å². The molecule has 13 nitrogen and oxygen atoms in total. The summed E-state index contributed by atoms with van der Waals surface area (Å²) in [5.41, 5.74) is -0.876. The van der Waals surface area contributed by atoms with Crippen molar-refractivity contribution >= 4 is 57.3 Å². The number of aromatic amines is 1. The van der Waals surface area contributed by atoms with E-state index in [-0.39, 0.29) is 18.8 Å². The van der Waals surface area contributed by atoms with E-state index in [2.05, 4.69) is 17.2 Å². The minimum absolute atomic E-state index is 0.0585. The van der Waals surface area contributed by atoms with Gasteiger partial charge in [0, 0.05) is 28.6 Å². The van der Waals surface area contributed by atoms with Crippen molar-refractivity contribution in [3.8, 4) is 0 Å². The number of phosphoric ester groups is 1. The fourth-order valence-electron chi connectivity index (χ4n) is 3.64. The van der Waals surface area contributed by atoms with Crippen LogP contribution in [-0.4, -0.2) is 68.6 Å². The van der Waals surface area contributed by atoms with Gasteiger partial charge < -0.3 is 19.3 Å². The zero-order chi connectivity index (χ0) is 24.6. The third-order valence-corrected chi connectivity index (χ3v) is 7.83. The molecule has 1 aromatic rings. The van der Waals surface area contributed by atoms with E-state index in [1.807, 2.05) is 22.6 Å². The van der Waals surface area contributed by atoms with E-state index >= 15 is 0 Å². The third-order valence-electron chi connectivity index (χ3n) is 5.12. The van der Waals surface area contributed by atoms with Crippen LogP contribution in [0.1, 0.15) is 24.6 Å².